The molecule has 0 bridgehead atoms. The van der Waals surface area contributed by atoms with Crippen LogP contribution in [-0.4, -0.2) is 6.10 Å². The predicted octanol–water partition coefficient (Wildman–Crippen LogP) is 4.27. The Kier molecular flexibility index (Phi) is 4.16. The summed E-state index contributed by atoms with van der Waals surface area (Å²) in [4.78, 5) is 0. The third-order valence-corrected chi connectivity index (χ3v) is 3.88. The molecule has 0 aliphatic heterocycles. The summed E-state index contributed by atoms with van der Waals surface area (Å²) in [5.74, 6) is 1.61. The van der Waals surface area contributed by atoms with Crippen LogP contribution in [0.2, 0.25) is 5.02 Å². The minimum absolute atomic E-state index is 0.304. The maximum atomic E-state index is 5.95. The van der Waals surface area contributed by atoms with Gasteiger partial charge in [0.25, 0.3) is 0 Å². The van der Waals surface area contributed by atoms with Crippen LogP contribution in [0.1, 0.15) is 39.0 Å². The van der Waals surface area contributed by atoms with Crippen molar-refractivity contribution < 1.29 is 4.74 Å². The number of nitrogen functional groups attached to an aromatic ring is 1. The fourth-order valence-electron chi connectivity index (χ4n) is 2.45. The molecule has 94 valence electrons. The van der Waals surface area contributed by atoms with E-state index in [1.165, 1.54) is 19.3 Å². The van der Waals surface area contributed by atoms with E-state index in [4.69, 9.17) is 22.1 Å². The standard InChI is InChI=1S/C14H20ClNO/c1-2-10-3-6-12(7-4-10)17-14-9-11(15)5-8-13(14)16/h5,8-10,12H,2-4,6-7,16H2,1H3. The van der Waals surface area contributed by atoms with E-state index in [-0.39, 0.29) is 0 Å². The minimum atomic E-state index is 0.304. The van der Waals surface area contributed by atoms with Gasteiger partial charge >= 0.3 is 0 Å². The number of benzene rings is 1. The first-order valence-electron chi connectivity index (χ1n) is 6.40. The average molecular weight is 254 g/mol. The molecule has 0 atom stereocenters. The topological polar surface area (TPSA) is 35.2 Å². The normalized spacial score (nSPS) is 24.6. The Labute approximate surface area is 108 Å². The van der Waals surface area contributed by atoms with Gasteiger partial charge in [0.15, 0.2) is 0 Å². The Hall–Kier alpha value is -0.890. The van der Waals surface area contributed by atoms with Gasteiger partial charge in [-0.1, -0.05) is 24.9 Å². The van der Waals surface area contributed by atoms with Gasteiger partial charge in [-0.15, -0.1) is 0 Å². The van der Waals surface area contributed by atoms with Gasteiger partial charge in [-0.05, 0) is 43.7 Å². The first-order chi connectivity index (χ1) is 8.19. The molecule has 0 unspecified atom stereocenters. The van der Waals surface area contributed by atoms with Crippen molar-refractivity contribution in [2.45, 2.75) is 45.1 Å². The SMILES string of the molecule is CCC1CCC(Oc2cc(Cl)ccc2N)CC1. The van der Waals surface area contributed by atoms with Crippen LogP contribution in [0.3, 0.4) is 0 Å². The van der Waals surface area contributed by atoms with Crippen molar-refractivity contribution in [2.75, 3.05) is 5.73 Å². The molecule has 1 fully saturated rings. The zero-order valence-corrected chi connectivity index (χ0v) is 11.0. The van der Waals surface area contributed by atoms with E-state index in [0.717, 1.165) is 24.5 Å². The Morgan fingerprint density at radius 1 is 1.29 bits per heavy atom. The van der Waals surface area contributed by atoms with Gasteiger partial charge in [-0.2, -0.15) is 0 Å². The first-order valence-corrected chi connectivity index (χ1v) is 6.78. The van der Waals surface area contributed by atoms with Crippen molar-refractivity contribution >= 4 is 17.3 Å². The summed E-state index contributed by atoms with van der Waals surface area (Å²) in [6, 6.07) is 5.40. The number of hydrogen-bond acceptors (Lipinski definition) is 2. The molecule has 2 N–H and O–H groups in total. The molecule has 1 aliphatic carbocycles. The molecule has 0 aromatic heterocycles. The molecule has 1 saturated carbocycles. The highest BCUT2D eigenvalue weighted by Crippen LogP contribution is 2.32. The van der Waals surface area contributed by atoms with Crippen LogP contribution in [0.5, 0.6) is 5.75 Å². The van der Waals surface area contributed by atoms with Crippen molar-refractivity contribution in [2.24, 2.45) is 5.92 Å². The molecular weight excluding hydrogens is 234 g/mol. The third-order valence-electron chi connectivity index (χ3n) is 3.64. The van der Waals surface area contributed by atoms with Crippen molar-refractivity contribution in [1.82, 2.24) is 0 Å². The zero-order valence-electron chi connectivity index (χ0n) is 10.3. The summed E-state index contributed by atoms with van der Waals surface area (Å²) in [7, 11) is 0. The second-order valence-electron chi connectivity index (χ2n) is 4.85. The lowest BCUT2D eigenvalue weighted by Crippen LogP contribution is -2.24. The highest BCUT2D eigenvalue weighted by molar-refractivity contribution is 6.30. The van der Waals surface area contributed by atoms with E-state index in [2.05, 4.69) is 6.92 Å². The minimum Gasteiger partial charge on any atom is -0.488 e. The summed E-state index contributed by atoms with van der Waals surface area (Å²) in [6.45, 7) is 2.26. The van der Waals surface area contributed by atoms with Gasteiger partial charge in [-0.25, -0.2) is 0 Å². The second-order valence-corrected chi connectivity index (χ2v) is 5.29. The van der Waals surface area contributed by atoms with Crippen LogP contribution < -0.4 is 10.5 Å². The molecule has 3 heteroatoms. The van der Waals surface area contributed by atoms with Crippen molar-refractivity contribution in [3.63, 3.8) is 0 Å². The van der Waals surface area contributed by atoms with Crippen LogP contribution in [0.25, 0.3) is 0 Å². The lowest BCUT2D eigenvalue weighted by Gasteiger charge is -2.28. The lowest BCUT2D eigenvalue weighted by molar-refractivity contribution is 0.131. The number of ether oxygens (including phenoxy) is 1. The van der Waals surface area contributed by atoms with Gasteiger partial charge in [0.1, 0.15) is 5.75 Å². The summed E-state index contributed by atoms with van der Waals surface area (Å²) < 4.78 is 5.95. The van der Waals surface area contributed by atoms with E-state index < -0.39 is 0 Å². The zero-order chi connectivity index (χ0) is 12.3. The van der Waals surface area contributed by atoms with Crippen molar-refractivity contribution in [1.29, 1.82) is 0 Å². The van der Waals surface area contributed by atoms with Crippen LogP contribution in [0, 0.1) is 5.92 Å². The Morgan fingerprint density at radius 2 is 2.00 bits per heavy atom. The summed E-state index contributed by atoms with van der Waals surface area (Å²) in [6.07, 6.45) is 6.38. The maximum absolute atomic E-state index is 5.95. The first kappa shape index (κ1) is 12.6. The monoisotopic (exact) mass is 253 g/mol. The number of halogens is 1. The molecule has 17 heavy (non-hydrogen) atoms. The molecule has 0 spiro atoms. The molecule has 0 radical (unpaired) electrons. The van der Waals surface area contributed by atoms with E-state index in [1.807, 2.05) is 6.07 Å². The fraction of sp³-hybridized carbons (Fsp3) is 0.571. The van der Waals surface area contributed by atoms with Crippen molar-refractivity contribution in [3.05, 3.63) is 23.2 Å². The number of hydrogen-bond donors (Lipinski definition) is 1. The van der Waals surface area contributed by atoms with Gasteiger partial charge in [0.2, 0.25) is 0 Å². The van der Waals surface area contributed by atoms with E-state index >= 15 is 0 Å². The smallest absolute Gasteiger partial charge is 0.144 e. The summed E-state index contributed by atoms with van der Waals surface area (Å²) >= 11 is 5.94. The van der Waals surface area contributed by atoms with Gasteiger partial charge in [-0.3, -0.25) is 0 Å². The molecule has 1 aromatic carbocycles. The van der Waals surface area contributed by atoms with Crippen LogP contribution in [-0.2, 0) is 0 Å². The summed E-state index contributed by atoms with van der Waals surface area (Å²) in [5.41, 5.74) is 6.55. The molecule has 1 aromatic rings. The van der Waals surface area contributed by atoms with E-state index in [9.17, 15) is 0 Å². The predicted molar refractivity (Wildman–Crippen MR) is 72.5 cm³/mol. The van der Waals surface area contributed by atoms with Crippen LogP contribution >= 0.6 is 11.6 Å². The lowest BCUT2D eigenvalue weighted by atomic mass is 9.86. The molecule has 2 nitrogen and oxygen atoms in total. The van der Waals surface area contributed by atoms with Gasteiger partial charge in [0.05, 0.1) is 11.8 Å². The molecule has 1 aliphatic rings. The third kappa shape index (κ3) is 3.29. The Bertz CT molecular complexity index is 372. The van der Waals surface area contributed by atoms with Crippen LogP contribution in [0.15, 0.2) is 18.2 Å². The molecule has 0 saturated heterocycles. The van der Waals surface area contributed by atoms with E-state index in [0.29, 0.717) is 16.8 Å². The number of nitrogens with two attached hydrogens (primary N) is 1. The molecule has 0 amide bonds. The van der Waals surface area contributed by atoms with Gasteiger partial charge in [0, 0.05) is 11.1 Å². The highest BCUT2D eigenvalue weighted by atomic mass is 35.5. The largest absolute Gasteiger partial charge is 0.488 e. The average Bonchev–Trinajstić information content (AvgIpc) is 2.35. The quantitative estimate of drug-likeness (QED) is 0.817. The molecular formula is C14H20ClNO. The summed E-state index contributed by atoms with van der Waals surface area (Å²) in [5, 5.41) is 0.677. The fourth-order valence-corrected chi connectivity index (χ4v) is 2.61. The number of rotatable bonds is 3. The van der Waals surface area contributed by atoms with Gasteiger partial charge < -0.3 is 10.5 Å². The van der Waals surface area contributed by atoms with Crippen LogP contribution in [0.4, 0.5) is 5.69 Å². The Morgan fingerprint density at radius 3 is 2.65 bits per heavy atom. The number of anilines is 1. The Balaban J connectivity index is 1.95. The molecule has 0 heterocycles. The van der Waals surface area contributed by atoms with E-state index in [1.54, 1.807) is 12.1 Å². The maximum Gasteiger partial charge on any atom is 0.144 e. The second kappa shape index (κ2) is 5.63. The highest BCUT2D eigenvalue weighted by Gasteiger charge is 2.21. The van der Waals surface area contributed by atoms with Crippen molar-refractivity contribution in [3.8, 4) is 5.75 Å². The molecule has 2 rings (SSSR count).